The number of carbonyl (C=O) groups excluding carboxylic acids is 2. The average Bonchev–Trinajstić information content (AvgIpc) is 2.34. The van der Waals surface area contributed by atoms with Gasteiger partial charge in [0.2, 0.25) is 0 Å². The second kappa shape index (κ2) is 24.2. The largest absolute Gasteiger partial charge is 0.402 e. The van der Waals surface area contributed by atoms with E-state index in [9.17, 15) is 9.59 Å². The van der Waals surface area contributed by atoms with Crippen molar-refractivity contribution in [1.82, 2.24) is 0 Å². The Labute approximate surface area is 107 Å². The van der Waals surface area contributed by atoms with E-state index in [1.807, 2.05) is 41.5 Å². The molecule has 0 radical (unpaired) electrons. The van der Waals surface area contributed by atoms with Crippen LogP contribution in [0, 0.1) is 5.92 Å². The molecule has 0 aliphatic heterocycles. The standard InChI is InChI=1S/C6H11NO.C4H8O.2C2H6/c1-5(4-8)3-6(2)7;1-3-4(2)5;2*1-2/h4-5H,2-3,7H2,1H3;3H2,1-2H3;2*1-2H3. The van der Waals surface area contributed by atoms with Gasteiger partial charge < -0.3 is 15.3 Å². The van der Waals surface area contributed by atoms with E-state index in [-0.39, 0.29) is 11.7 Å². The zero-order valence-electron chi connectivity index (χ0n) is 12.7. The van der Waals surface area contributed by atoms with E-state index in [1.165, 1.54) is 0 Å². The average molecular weight is 245 g/mol. The lowest BCUT2D eigenvalue weighted by atomic mass is 10.1. The Morgan fingerprint density at radius 2 is 1.59 bits per heavy atom. The molecule has 0 saturated heterocycles. The Morgan fingerprint density at radius 1 is 1.29 bits per heavy atom. The summed E-state index contributed by atoms with van der Waals surface area (Å²) >= 11 is 0. The zero-order chi connectivity index (χ0) is 14.9. The van der Waals surface area contributed by atoms with Crippen LogP contribution in [-0.4, -0.2) is 12.1 Å². The number of aldehydes is 1. The number of Topliss-reactive ketones (excluding diaryl/α,β-unsaturated/α-hetero) is 1. The van der Waals surface area contributed by atoms with Crippen molar-refractivity contribution in [2.45, 2.75) is 61.3 Å². The lowest BCUT2D eigenvalue weighted by Gasteiger charge is -1.99. The normalized spacial score (nSPS) is 8.88. The predicted molar refractivity (Wildman–Crippen MR) is 76.8 cm³/mol. The minimum atomic E-state index is 0.0208. The summed E-state index contributed by atoms with van der Waals surface area (Å²) in [7, 11) is 0. The number of carbonyl (C=O) groups is 2. The van der Waals surface area contributed by atoms with Gasteiger partial charge in [0.05, 0.1) is 0 Å². The van der Waals surface area contributed by atoms with Crippen LogP contribution in [0.25, 0.3) is 0 Å². The Bertz CT molecular complexity index is 177. The zero-order valence-corrected chi connectivity index (χ0v) is 12.7. The Balaban J connectivity index is -0.0000000809. The third-order valence-electron chi connectivity index (χ3n) is 1.31. The highest BCUT2D eigenvalue weighted by molar-refractivity contribution is 5.74. The molecule has 0 aliphatic carbocycles. The van der Waals surface area contributed by atoms with E-state index in [0.717, 1.165) is 6.29 Å². The molecule has 0 rings (SSSR count). The van der Waals surface area contributed by atoms with Gasteiger partial charge in [-0.05, 0) is 13.3 Å². The number of hydrogen-bond donors (Lipinski definition) is 1. The number of allylic oxidation sites excluding steroid dienone is 1. The second-order valence-electron chi connectivity index (χ2n) is 3.03. The second-order valence-corrected chi connectivity index (χ2v) is 3.03. The number of nitrogens with two attached hydrogens (primary N) is 1. The van der Waals surface area contributed by atoms with Gasteiger partial charge in [0, 0.05) is 18.0 Å². The molecule has 0 aromatic rings. The molecule has 0 bridgehead atoms. The van der Waals surface area contributed by atoms with Crippen LogP contribution in [0.3, 0.4) is 0 Å². The summed E-state index contributed by atoms with van der Waals surface area (Å²) in [5.74, 6) is 0.275. The van der Waals surface area contributed by atoms with Crippen molar-refractivity contribution in [1.29, 1.82) is 0 Å². The molecule has 3 nitrogen and oxygen atoms in total. The molecule has 0 aliphatic rings. The van der Waals surface area contributed by atoms with Crippen molar-refractivity contribution in [2.75, 3.05) is 0 Å². The first-order chi connectivity index (χ1) is 7.93. The highest BCUT2D eigenvalue weighted by Gasteiger charge is 1.97. The van der Waals surface area contributed by atoms with Crippen LogP contribution in [0.5, 0.6) is 0 Å². The molecule has 0 amide bonds. The molecule has 17 heavy (non-hydrogen) atoms. The summed E-state index contributed by atoms with van der Waals surface area (Å²) in [5, 5.41) is 0. The third kappa shape index (κ3) is 52.2. The molecule has 1 atom stereocenters. The summed E-state index contributed by atoms with van der Waals surface area (Å²) in [4.78, 5) is 19.8. The van der Waals surface area contributed by atoms with Crippen LogP contribution in [0.1, 0.15) is 61.3 Å². The number of ketones is 1. The third-order valence-corrected chi connectivity index (χ3v) is 1.31. The van der Waals surface area contributed by atoms with Gasteiger partial charge in [-0.3, -0.25) is 0 Å². The molecule has 0 aromatic carbocycles. The quantitative estimate of drug-likeness (QED) is 0.768. The molecule has 0 saturated carbocycles. The van der Waals surface area contributed by atoms with E-state index in [2.05, 4.69) is 6.58 Å². The fourth-order valence-corrected chi connectivity index (χ4v) is 0.462. The summed E-state index contributed by atoms with van der Waals surface area (Å²) in [6.07, 6.45) is 2.14. The van der Waals surface area contributed by atoms with Crippen LogP contribution in [0.15, 0.2) is 12.3 Å². The van der Waals surface area contributed by atoms with E-state index >= 15 is 0 Å². The van der Waals surface area contributed by atoms with E-state index in [4.69, 9.17) is 5.73 Å². The van der Waals surface area contributed by atoms with Crippen LogP contribution in [-0.2, 0) is 9.59 Å². The molecular weight excluding hydrogens is 214 g/mol. The monoisotopic (exact) mass is 245 g/mol. The first-order valence-electron chi connectivity index (χ1n) is 6.32. The van der Waals surface area contributed by atoms with Crippen LogP contribution in [0.2, 0.25) is 0 Å². The van der Waals surface area contributed by atoms with Crippen molar-refractivity contribution in [3.05, 3.63) is 12.3 Å². The minimum absolute atomic E-state index is 0.0208. The van der Waals surface area contributed by atoms with E-state index in [1.54, 1.807) is 6.92 Å². The first kappa shape index (κ1) is 24.9. The molecule has 0 aromatic heterocycles. The Morgan fingerprint density at radius 3 is 1.65 bits per heavy atom. The summed E-state index contributed by atoms with van der Waals surface area (Å²) in [5.41, 5.74) is 5.79. The minimum Gasteiger partial charge on any atom is -0.402 e. The van der Waals surface area contributed by atoms with E-state index < -0.39 is 0 Å². The SMILES string of the molecule is C=C(N)CC(C)C=O.CC.CC.CCC(C)=O. The van der Waals surface area contributed by atoms with Crippen molar-refractivity contribution in [2.24, 2.45) is 11.7 Å². The Kier molecular flexibility index (Phi) is 35.5. The van der Waals surface area contributed by atoms with Gasteiger partial charge >= 0.3 is 0 Å². The molecule has 0 fully saturated rings. The molecule has 3 heteroatoms. The summed E-state index contributed by atoms with van der Waals surface area (Å²) in [6, 6.07) is 0. The van der Waals surface area contributed by atoms with Crippen LogP contribution >= 0.6 is 0 Å². The molecule has 0 heterocycles. The number of hydrogen-bond acceptors (Lipinski definition) is 3. The maximum Gasteiger partial charge on any atom is 0.129 e. The van der Waals surface area contributed by atoms with Crippen molar-refractivity contribution in [3.8, 4) is 0 Å². The fraction of sp³-hybridized carbons (Fsp3) is 0.714. The molecule has 0 spiro atoms. The lowest BCUT2D eigenvalue weighted by molar-refractivity contribution is -0.116. The van der Waals surface area contributed by atoms with Crippen molar-refractivity contribution >= 4 is 12.1 Å². The van der Waals surface area contributed by atoms with Gasteiger partial charge in [-0.1, -0.05) is 48.1 Å². The van der Waals surface area contributed by atoms with Crippen molar-refractivity contribution in [3.63, 3.8) is 0 Å². The van der Waals surface area contributed by atoms with Gasteiger partial charge in [0.25, 0.3) is 0 Å². The fourth-order valence-electron chi connectivity index (χ4n) is 0.462. The molecular formula is C14H31NO2. The number of rotatable bonds is 4. The van der Waals surface area contributed by atoms with Gasteiger partial charge in [0.1, 0.15) is 12.1 Å². The summed E-state index contributed by atoms with van der Waals surface area (Å²) in [6.45, 7) is 16.7. The van der Waals surface area contributed by atoms with Crippen LogP contribution in [0.4, 0.5) is 0 Å². The summed E-state index contributed by atoms with van der Waals surface area (Å²) < 4.78 is 0. The molecule has 2 N–H and O–H groups in total. The van der Waals surface area contributed by atoms with Gasteiger partial charge in [0.15, 0.2) is 0 Å². The maximum absolute atomic E-state index is 9.94. The highest BCUT2D eigenvalue weighted by atomic mass is 16.1. The smallest absolute Gasteiger partial charge is 0.129 e. The van der Waals surface area contributed by atoms with Crippen molar-refractivity contribution < 1.29 is 9.59 Å². The van der Waals surface area contributed by atoms with Gasteiger partial charge in [-0.2, -0.15) is 0 Å². The maximum atomic E-state index is 9.94. The van der Waals surface area contributed by atoms with Gasteiger partial charge in [-0.25, -0.2) is 0 Å². The predicted octanol–water partition coefficient (Wildman–Crippen LogP) is 3.72. The lowest BCUT2D eigenvalue weighted by Crippen LogP contribution is -2.02. The van der Waals surface area contributed by atoms with E-state index in [0.29, 0.717) is 18.5 Å². The van der Waals surface area contributed by atoms with Gasteiger partial charge in [-0.15, -0.1) is 0 Å². The topological polar surface area (TPSA) is 60.2 Å². The van der Waals surface area contributed by atoms with Crippen LogP contribution < -0.4 is 5.73 Å². The Hall–Kier alpha value is -1.12. The highest BCUT2D eigenvalue weighted by Crippen LogP contribution is 2.00. The molecule has 104 valence electrons. The molecule has 1 unspecified atom stereocenters. The first-order valence-corrected chi connectivity index (χ1v) is 6.32.